The van der Waals surface area contributed by atoms with E-state index in [2.05, 4.69) is 58.5 Å². The van der Waals surface area contributed by atoms with E-state index in [1.54, 1.807) is 6.20 Å². The molecule has 0 saturated carbocycles. The van der Waals surface area contributed by atoms with Gasteiger partial charge in [0.2, 0.25) is 0 Å². The van der Waals surface area contributed by atoms with Crippen molar-refractivity contribution in [3.8, 4) is 11.3 Å². The van der Waals surface area contributed by atoms with Crippen molar-refractivity contribution in [2.45, 2.75) is 26.2 Å². The summed E-state index contributed by atoms with van der Waals surface area (Å²) in [4.78, 5) is 22.9. The van der Waals surface area contributed by atoms with Gasteiger partial charge < -0.3 is 15.0 Å². The van der Waals surface area contributed by atoms with Gasteiger partial charge in [-0.1, -0.05) is 63.2 Å². The predicted octanol–water partition coefficient (Wildman–Crippen LogP) is 5.90. The summed E-state index contributed by atoms with van der Waals surface area (Å²) in [7, 11) is 0. The van der Waals surface area contributed by atoms with Crippen LogP contribution in [0.1, 0.15) is 36.7 Å². The highest BCUT2D eigenvalue weighted by molar-refractivity contribution is 6.04. The molecule has 41 heavy (non-hydrogen) atoms. The van der Waals surface area contributed by atoms with Crippen LogP contribution in [0.25, 0.3) is 16.9 Å². The van der Waals surface area contributed by atoms with Crippen molar-refractivity contribution in [1.82, 2.24) is 24.7 Å². The molecule has 0 aliphatic carbocycles. The Labute approximate surface area is 240 Å². The number of amides is 1. The second kappa shape index (κ2) is 11.2. The van der Waals surface area contributed by atoms with Crippen LogP contribution in [-0.4, -0.2) is 51.5 Å². The number of carbonyl (C=O) groups is 1. The molecule has 0 radical (unpaired) electrons. The minimum atomic E-state index is -0.143. The minimum absolute atomic E-state index is 0.0342. The molecule has 1 amide bonds. The molecule has 0 atom stereocenters. The molecule has 5 aromatic rings. The van der Waals surface area contributed by atoms with Crippen LogP contribution in [0.2, 0.25) is 0 Å². The van der Waals surface area contributed by atoms with Crippen molar-refractivity contribution in [2.24, 2.45) is 0 Å². The summed E-state index contributed by atoms with van der Waals surface area (Å²) < 4.78 is 2.01. The first-order valence-electron chi connectivity index (χ1n) is 14.0. The van der Waals surface area contributed by atoms with Gasteiger partial charge in [-0.3, -0.25) is 9.80 Å². The monoisotopic (exact) mass is 545 g/mol. The van der Waals surface area contributed by atoms with E-state index in [1.807, 2.05) is 83.5 Å². The standard InChI is InChI=1S/C33H35N7O/c1-33(2,3)26-14-12-24(13-15-26)32(41)36-27-9-7-8-25(22-27)29-23-38-19-18-35-30(38)31(37-29)40(28-10-5-4-6-11-28)39-20-16-34-17-21-39/h4-15,18-19,22-23,34H,16-17,20-21H2,1-3H3,(H,36,41). The molecule has 3 aromatic carbocycles. The van der Waals surface area contributed by atoms with Crippen LogP contribution >= 0.6 is 0 Å². The van der Waals surface area contributed by atoms with E-state index in [4.69, 9.17) is 4.98 Å². The average Bonchev–Trinajstić information content (AvgIpc) is 3.47. The SMILES string of the molecule is CC(C)(C)c1ccc(C(=O)Nc2cccc(-c3cn4ccnc4c(N(c4ccccc4)N4CCNCC4)n3)c2)cc1. The highest BCUT2D eigenvalue weighted by atomic mass is 16.1. The second-order valence-corrected chi connectivity index (χ2v) is 11.3. The number of benzene rings is 3. The van der Waals surface area contributed by atoms with Gasteiger partial charge in [-0.25, -0.2) is 15.0 Å². The maximum absolute atomic E-state index is 13.1. The number of hydrazine groups is 1. The maximum atomic E-state index is 13.1. The van der Waals surface area contributed by atoms with Crippen molar-refractivity contribution in [3.05, 3.63) is 109 Å². The number of rotatable bonds is 6. The lowest BCUT2D eigenvalue weighted by Gasteiger charge is -2.38. The van der Waals surface area contributed by atoms with Crippen molar-refractivity contribution in [1.29, 1.82) is 0 Å². The van der Waals surface area contributed by atoms with Crippen LogP contribution in [0.5, 0.6) is 0 Å². The van der Waals surface area contributed by atoms with Crippen LogP contribution in [-0.2, 0) is 5.41 Å². The van der Waals surface area contributed by atoms with E-state index >= 15 is 0 Å². The smallest absolute Gasteiger partial charge is 0.255 e. The third-order valence-corrected chi connectivity index (χ3v) is 7.36. The first kappa shape index (κ1) is 26.7. The Morgan fingerprint density at radius 3 is 2.44 bits per heavy atom. The summed E-state index contributed by atoms with van der Waals surface area (Å²) in [6.45, 7) is 9.99. The molecule has 2 aromatic heterocycles. The normalized spacial score (nSPS) is 14.2. The largest absolute Gasteiger partial charge is 0.322 e. The van der Waals surface area contributed by atoms with Gasteiger partial charge in [0, 0.05) is 61.6 Å². The number of anilines is 3. The molecule has 1 fully saturated rings. The van der Waals surface area contributed by atoms with Gasteiger partial charge in [-0.05, 0) is 47.4 Å². The first-order chi connectivity index (χ1) is 19.9. The fourth-order valence-electron chi connectivity index (χ4n) is 5.12. The molecular formula is C33H35N7O. The number of para-hydroxylation sites is 1. The Hall–Kier alpha value is -4.53. The van der Waals surface area contributed by atoms with Gasteiger partial charge in [0.15, 0.2) is 11.5 Å². The molecule has 8 nitrogen and oxygen atoms in total. The van der Waals surface area contributed by atoms with Crippen molar-refractivity contribution >= 4 is 28.7 Å². The Morgan fingerprint density at radius 2 is 1.71 bits per heavy atom. The van der Waals surface area contributed by atoms with Gasteiger partial charge >= 0.3 is 0 Å². The van der Waals surface area contributed by atoms with Gasteiger partial charge in [0.05, 0.1) is 11.4 Å². The van der Waals surface area contributed by atoms with Crippen LogP contribution in [0.3, 0.4) is 0 Å². The summed E-state index contributed by atoms with van der Waals surface area (Å²) in [5, 5.41) is 11.0. The van der Waals surface area contributed by atoms with Crippen molar-refractivity contribution in [3.63, 3.8) is 0 Å². The number of imidazole rings is 1. The van der Waals surface area contributed by atoms with Gasteiger partial charge in [0.25, 0.3) is 5.91 Å². The van der Waals surface area contributed by atoms with Crippen LogP contribution in [0.4, 0.5) is 17.2 Å². The lowest BCUT2D eigenvalue weighted by atomic mass is 9.87. The van der Waals surface area contributed by atoms with Crippen molar-refractivity contribution < 1.29 is 4.79 Å². The zero-order valence-corrected chi connectivity index (χ0v) is 23.7. The highest BCUT2D eigenvalue weighted by Gasteiger charge is 2.25. The fourth-order valence-corrected chi connectivity index (χ4v) is 5.12. The van der Waals surface area contributed by atoms with Crippen LogP contribution in [0.15, 0.2) is 97.5 Å². The highest BCUT2D eigenvalue weighted by Crippen LogP contribution is 2.32. The number of aromatic nitrogens is 3. The molecule has 1 aliphatic rings. The fraction of sp³-hybridized carbons (Fsp3) is 0.242. The molecule has 8 heteroatoms. The molecule has 0 bridgehead atoms. The Bertz CT molecular complexity index is 1650. The number of carbonyl (C=O) groups excluding carboxylic acids is 1. The number of hydrogen-bond donors (Lipinski definition) is 2. The second-order valence-electron chi connectivity index (χ2n) is 11.3. The number of nitrogens with one attached hydrogen (secondary N) is 2. The van der Waals surface area contributed by atoms with Crippen molar-refractivity contribution in [2.75, 3.05) is 36.5 Å². The lowest BCUT2D eigenvalue weighted by Crippen LogP contribution is -2.51. The lowest BCUT2D eigenvalue weighted by molar-refractivity contribution is 0.102. The Balaban J connectivity index is 1.34. The Kier molecular flexibility index (Phi) is 7.26. The first-order valence-corrected chi connectivity index (χ1v) is 14.0. The van der Waals surface area contributed by atoms with Crippen LogP contribution in [0, 0.1) is 0 Å². The molecule has 6 rings (SSSR count). The third kappa shape index (κ3) is 5.70. The molecule has 3 heterocycles. The zero-order valence-electron chi connectivity index (χ0n) is 23.7. The predicted molar refractivity (Wildman–Crippen MR) is 165 cm³/mol. The number of fused-ring (bicyclic) bond motifs is 1. The maximum Gasteiger partial charge on any atom is 0.255 e. The quantitative estimate of drug-likeness (QED) is 0.277. The van der Waals surface area contributed by atoms with E-state index in [1.165, 1.54) is 5.56 Å². The summed E-state index contributed by atoms with van der Waals surface area (Å²) in [5.74, 6) is 0.615. The van der Waals surface area contributed by atoms with E-state index in [9.17, 15) is 4.79 Å². The summed E-state index contributed by atoms with van der Waals surface area (Å²) in [6, 6.07) is 25.9. The summed E-state index contributed by atoms with van der Waals surface area (Å²) >= 11 is 0. The van der Waals surface area contributed by atoms with E-state index in [-0.39, 0.29) is 11.3 Å². The molecule has 1 saturated heterocycles. The van der Waals surface area contributed by atoms with E-state index < -0.39 is 0 Å². The number of piperazine rings is 1. The molecule has 2 N–H and O–H groups in total. The molecule has 0 spiro atoms. The molecule has 0 unspecified atom stereocenters. The van der Waals surface area contributed by atoms with Crippen LogP contribution < -0.4 is 15.6 Å². The number of hydrogen-bond acceptors (Lipinski definition) is 6. The molecular weight excluding hydrogens is 510 g/mol. The summed E-state index contributed by atoms with van der Waals surface area (Å²) in [5.41, 5.74) is 6.05. The summed E-state index contributed by atoms with van der Waals surface area (Å²) in [6.07, 6.45) is 5.73. The Morgan fingerprint density at radius 1 is 0.951 bits per heavy atom. The number of nitrogens with zero attached hydrogens (tertiary/aromatic N) is 5. The van der Waals surface area contributed by atoms with Gasteiger partial charge in [0.1, 0.15) is 0 Å². The van der Waals surface area contributed by atoms with Gasteiger partial charge in [-0.15, -0.1) is 0 Å². The zero-order chi connectivity index (χ0) is 28.4. The topological polar surface area (TPSA) is 77.8 Å². The average molecular weight is 546 g/mol. The van der Waals surface area contributed by atoms with E-state index in [0.29, 0.717) is 11.3 Å². The van der Waals surface area contributed by atoms with E-state index in [0.717, 1.165) is 54.6 Å². The molecule has 208 valence electrons. The third-order valence-electron chi connectivity index (χ3n) is 7.36. The minimum Gasteiger partial charge on any atom is -0.322 e. The van der Waals surface area contributed by atoms with Gasteiger partial charge in [-0.2, -0.15) is 0 Å². The molecule has 1 aliphatic heterocycles.